The van der Waals surface area contributed by atoms with E-state index in [1.54, 1.807) is 11.8 Å². The Morgan fingerprint density at radius 3 is 2.67 bits per heavy atom. The summed E-state index contributed by atoms with van der Waals surface area (Å²) in [5, 5.41) is 3.09. The summed E-state index contributed by atoms with van der Waals surface area (Å²) >= 11 is 1.77. The molecule has 2 aromatic carbocycles. The van der Waals surface area contributed by atoms with E-state index >= 15 is 0 Å². The first-order chi connectivity index (χ1) is 13.1. The maximum absolute atomic E-state index is 13.0. The molecule has 2 aromatic rings. The van der Waals surface area contributed by atoms with Crippen molar-refractivity contribution in [3.63, 3.8) is 0 Å². The SMILES string of the molecule is Cc1ccc(SCCNC(=O)C2CCCN(Cc3ccc(F)cc3)C2)cc1. The molecular weight excluding hydrogens is 359 g/mol. The van der Waals surface area contributed by atoms with Gasteiger partial charge in [-0.2, -0.15) is 0 Å². The number of benzene rings is 2. The van der Waals surface area contributed by atoms with Crippen LogP contribution >= 0.6 is 11.8 Å². The van der Waals surface area contributed by atoms with Crippen LogP contribution in [0.4, 0.5) is 4.39 Å². The lowest BCUT2D eigenvalue weighted by Gasteiger charge is -2.32. The average molecular weight is 387 g/mol. The molecule has 1 fully saturated rings. The smallest absolute Gasteiger partial charge is 0.224 e. The highest BCUT2D eigenvalue weighted by molar-refractivity contribution is 7.99. The predicted octanol–water partition coefficient (Wildman–Crippen LogP) is 4.25. The van der Waals surface area contributed by atoms with Gasteiger partial charge in [0.05, 0.1) is 5.92 Å². The summed E-state index contributed by atoms with van der Waals surface area (Å²) in [6.07, 6.45) is 1.97. The Morgan fingerprint density at radius 2 is 1.93 bits per heavy atom. The van der Waals surface area contributed by atoms with E-state index in [4.69, 9.17) is 0 Å². The molecule has 1 heterocycles. The molecule has 0 radical (unpaired) electrons. The Bertz CT molecular complexity index is 733. The first-order valence-electron chi connectivity index (χ1n) is 9.54. The largest absolute Gasteiger partial charge is 0.355 e. The average Bonchev–Trinajstić information content (AvgIpc) is 2.68. The van der Waals surface area contributed by atoms with Crippen LogP contribution in [-0.2, 0) is 11.3 Å². The van der Waals surface area contributed by atoms with Gasteiger partial charge in [0.2, 0.25) is 5.91 Å². The van der Waals surface area contributed by atoms with Crippen LogP contribution in [-0.4, -0.2) is 36.2 Å². The maximum Gasteiger partial charge on any atom is 0.224 e. The van der Waals surface area contributed by atoms with Crippen molar-refractivity contribution in [2.75, 3.05) is 25.4 Å². The van der Waals surface area contributed by atoms with Crippen LogP contribution < -0.4 is 5.32 Å². The molecule has 1 atom stereocenters. The summed E-state index contributed by atoms with van der Waals surface area (Å²) in [7, 11) is 0. The van der Waals surface area contributed by atoms with E-state index in [1.165, 1.54) is 22.6 Å². The number of rotatable bonds is 7. The molecule has 1 aliphatic heterocycles. The molecule has 0 spiro atoms. The fourth-order valence-electron chi connectivity index (χ4n) is 3.38. The van der Waals surface area contributed by atoms with E-state index in [0.29, 0.717) is 6.54 Å². The normalized spacial score (nSPS) is 17.6. The highest BCUT2D eigenvalue weighted by Gasteiger charge is 2.25. The minimum atomic E-state index is -0.210. The second kappa shape index (κ2) is 9.90. The van der Waals surface area contributed by atoms with Crippen LogP contribution in [0.5, 0.6) is 0 Å². The van der Waals surface area contributed by atoms with Crippen LogP contribution in [0.25, 0.3) is 0 Å². The molecule has 5 heteroatoms. The number of hydrogen-bond acceptors (Lipinski definition) is 3. The lowest BCUT2D eigenvalue weighted by molar-refractivity contribution is -0.126. The molecule has 3 nitrogen and oxygen atoms in total. The Morgan fingerprint density at radius 1 is 1.19 bits per heavy atom. The number of nitrogens with zero attached hydrogens (tertiary/aromatic N) is 1. The zero-order valence-corrected chi connectivity index (χ0v) is 16.6. The number of carbonyl (C=O) groups is 1. The Hall–Kier alpha value is -1.85. The van der Waals surface area contributed by atoms with E-state index in [1.807, 2.05) is 12.1 Å². The molecule has 0 bridgehead atoms. The van der Waals surface area contributed by atoms with Gasteiger partial charge in [-0.05, 0) is 56.1 Å². The number of aryl methyl sites for hydroxylation is 1. The summed E-state index contributed by atoms with van der Waals surface area (Å²) in [4.78, 5) is 16.0. The summed E-state index contributed by atoms with van der Waals surface area (Å²) in [5.41, 5.74) is 2.35. The molecule has 3 rings (SSSR count). The third kappa shape index (κ3) is 6.36. The van der Waals surface area contributed by atoms with Crippen molar-refractivity contribution in [2.24, 2.45) is 5.92 Å². The first kappa shape index (κ1) is 19.9. The topological polar surface area (TPSA) is 32.3 Å². The molecule has 0 aromatic heterocycles. The van der Waals surface area contributed by atoms with E-state index in [9.17, 15) is 9.18 Å². The lowest BCUT2D eigenvalue weighted by atomic mass is 9.96. The molecule has 1 aliphatic rings. The summed E-state index contributed by atoms with van der Waals surface area (Å²) < 4.78 is 13.0. The van der Waals surface area contributed by atoms with Crippen LogP contribution in [0, 0.1) is 18.7 Å². The molecule has 27 heavy (non-hydrogen) atoms. The van der Waals surface area contributed by atoms with Crippen molar-refractivity contribution >= 4 is 17.7 Å². The number of piperidine rings is 1. The molecular formula is C22H27FN2OS. The van der Waals surface area contributed by atoms with Crippen LogP contribution in [0.3, 0.4) is 0 Å². The standard InChI is InChI=1S/C22H27FN2OS/c1-17-4-10-21(11-5-17)27-14-12-24-22(26)19-3-2-13-25(16-19)15-18-6-8-20(23)9-7-18/h4-11,19H,2-3,12-16H2,1H3,(H,24,26). The number of nitrogens with one attached hydrogen (secondary N) is 1. The second-order valence-corrected chi connectivity index (χ2v) is 8.32. The Kier molecular flexibility index (Phi) is 7.30. The van der Waals surface area contributed by atoms with E-state index < -0.39 is 0 Å². The Balaban J connectivity index is 1.40. The highest BCUT2D eigenvalue weighted by Crippen LogP contribution is 2.20. The zero-order chi connectivity index (χ0) is 19.1. The molecule has 0 aliphatic carbocycles. The number of amides is 1. The van der Waals surface area contributed by atoms with Gasteiger partial charge in [0.15, 0.2) is 0 Å². The van der Waals surface area contributed by atoms with Gasteiger partial charge < -0.3 is 5.32 Å². The molecule has 0 saturated carbocycles. The summed E-state index contributed by atoms with van der Waals surface area (Å²) in [6, 6.07) is 15.1. The number of carbonyl (C=O) groups excluding carboxylic acids is 1. The van der Waals surface area contributed by atoms with Gasteiger partial charge in [-0.15, -0.1) is 11.8 Å². The van der Waals surface area contributed by atoms with Crippen LogP contribution in [0.15, 0.2) is 53.4 Å². The highest BCUT2D eigenvalue weighted by atomic mass is 32.2. The number of hydrogen-bond donors (Lipinski definition) is 1. The maximum atomic E-state index is 13.0. The van der Waals surface area contributed by atoms with Gasteiger partial charge in [0.1, 0.15) is 5.82 Å². The van der Waals surface area contributed by atoms with Crippen molar-refractivity contribution in [3.05, 3.63) is 65.5 Å². The van der Waals surface area contributed by atoms with E-state index in [-0.39, 0.29) is 17.6 Å². The van der Waals surface area contributed by atoms with E-state index in [0.717, 1.165) is 43.8 Å². The van der Waals surface area contributed by atoms with E-state index in [2.05, 4.69) is 41.4 Å². The summed E-state index contributed by atoms with van der Waals surface area (Å²) in [6.45, 7) is 5.30. The van der Waals surface area contributed by atoms with Crippen LogP contribution in [0.1, 0.15) is 24.0 Å². The van der Waals surface area contributed by atoms with Crippen molar-refractivity contribution in [2.45, 2.75) is 31.2 Å². The van der Waals surface area contributed by atoms with Gasteiger partial charge in [0, 0.05) is 30.3 Å². The third-order valence-electron chi connectivity index (χ3n) is 4.89. The Labute approximate surface area is 165 Å². The predicted molar refractivity (Wildman–Crippen MR) is 109 cm³/mol. The second-order valence-electron chi connectivity index (χ2n) is 7.15. The van der Waals surface area contributed by atoms with Crippen molar-refractivity contribution in [1.29, 1.82) is 0 Å². The van der Waals surface area contributed by atoms with Crippen molar-refractivity contribution in [3.8, 4) is 0 Å². The fraction of sp³-hybridized carbons (Fsp3) is 0.409. The van der Waals surface area contributed by atoms with Crippen molar-refractivity contribution < 1.29 is 9.18 Å². The number of halogens is 1. The van der Waals surface area contributed by atoms with Gasteiger partial charge in [-0.1, -0.05) is 29.8 Å². The zero-order valence-electron chi connectivity index (χ0n) is 15.8. The minimum absolute atomic E-state index is 0.0450. The first-order valence-corrected chi connectivity index (χ1v) is 10.5. The third-order valence-corrected chi connectivity index (χ3v) is 5.90. The minimum Gasteiger partial charge on any atom is -0.355 e. The van der Waals surface area contributed by atoms with Crippen molar-refractivity contribution in [1.82, 2.24) is 10.2 Å². The fourth-order valence-corrected chi connectivity index (χ4v) is 4.15. The molecule has 1 saturated heterocycles. The van der Waals surface area contributed by atoms with Gasteiger partial charge in [-0.25, -0.2) is 4.39 Å². The quantitative estimate of drug-likeness (QED) is 0.570. The number of likely N-dealkylation sites (tertiary alicyclic amines) is 1. The number of thioether (sulfide) groups is 1. The molecule has 1 N–H and O–H groups in total. The molecule has 1 amide bonds. The molecule has 144 valence electrons. The summed E-state index contributed by atoms with van der Waals surface area (Å²) in [5.74, 6) is 0.867. The van der Waals surface area contributed by atoms with Gasteiger partial charge in [0.25, 0.3) is 0 Å². The monoisotopic (exact) mass is 386 g/mol. The van der Waals surface area contributed by atoms with Crippen LogP contribution in [0.2, 0.25) is 0 Å². The van der Waals surface area contributed by atoms with Gasteiger partial charge >= 0.3 is 0 Å². The van der Waals surface area contributed by atoms with Gasteiger partial charge in [-0.3, -0.25) is 9.69 Å². The lowest BCUT2D eigenvalue weighted by Crippen LogP contribution is -2.43. The molecule has 1 unspecified atom stereocenters.